The molecule has 0 N–H and O–H groups in total. The van der Waals surface area contributed by atoms with Gasteiger partial charge >= 0.3 is 23.9 Å². The molecule has 16 atom stereocenters. The minimum atomic E-state index is -0.943. The summed E-state index contributed by atoms with van der Waals surface area (Å²) >= 11 is 0. The lowest BCUT2D eigenvalue weighted by molar-refractivity contribution is -0.576. The van der Waals surface area contributed by atoms with E-state index in [1.54, 1.807) is 0 Å². The van der Waals surface area contributed by atoms with Crippen LogP contribution in [0.25, 0.3) is 0 Å². The van der Waals surface area contributed by atoms with Crippen LogP contribution in [0.3, 0.4) is 0 Å². The molecule has 16 heteroatoms. The average Bonchev–Trinajstić information content (AvgIpc) is 3.56. The van der Waals surface area contributed by atoms with Gasteiger partial charge in [0.1, 0.15) is 0 Å². The van der Waals surface area contributed by atoms with Crippen LogP contribution in [-0.2, 0) is 76.6 Å². The second-order valence-electron chi connectivity index (χ2n) is 18.2. The Balaban J connectivity index is 0.721. The summed E-state index contributed by atoms with van der Waals surface area (Å²) in [6.45, 7) is 11.6. The number of carbonyl (C=O) groups excluding carboxylic acids is 4. The molecule has 0 aromatic carbocycles. The smallest absolute Gasteiger partial charge is 0.308 e. The second-order valence-corrected chi connectivity index (χ2v) is 18.2. The second kappa shape index (κ2) is 16.2. The molecule has 2 saturated carbocycles. The summed E-state index contributed by atoms with van der Waals surface area (Å²) in [5, 5.41) is 0. The highest BCUT2D eigenvalue weighted by Crippen LogP contribution is 2.62. The number of fused-ring (bicyclic) bond motifs is 4. The van der Waals surface area contributed by atoms with Gasteiger partial charge in [0.05, 0.1) is 25.7 Å². The molecule has 0 aromatic rings. The summed E-state index contributed by atoms with van der Waals surface area (Å²) in [6.07, 6.45) is 2.83. The summed E-state index contributed by atoms with van der Waals surface area (Å²) < 4.78 is 46.9. The van der Waals surface area contributed by atoms with Crippen LogP contribution < -0.4 is 0 Å². The van der Waals surface area contributed by atoms with E-state index in [-0.39, 0.29) is 74.4 Å². The number of esters is 4. The number of carbonyl (C=O) groups is 4. The van der Waals surface area contributed by atoms with E-state index in [0.29, 0.717) is 24.7 Å². The maximum absolute atomic E-state index is 12.8. The van der Waals surface area contributed by atoms with Crippen LogP contribution in [-0.4, -0.2) is 85.0 Å². The molecule has 0 unspecified atom stereocenters. The fourth-order valence-electron chi connectivity index (χ4n) is 11.3. The van der Waals surface area contributed by atoms with Gasteiger partial charge in [-0.05, 0) is 76.0 Å². The number of hydrogen-bond acceptors (Lipinski definition) is 16. The van der Waals surface area contributed by atoms with Crippen LogP contribution in [0, 0.1) is 59.2 Å². The molecule has 322 valence electrons. The predicted octanol–water partition coefficient (Wildman–Crippen LogP) is 5.14. The van der Waals surface area contributed by atoms with E-state index < -0.39 is 71.8 Å². The van der Waals surface area contributed by atoms with Gasteiger partial charge in [0.15, 0.2) is 37.0 Å². The van der Waals surface area contributed by atoms with E-state index >= 15 is 0 Å². The molecule has 2 aliphatic carbocycles. The topological polar surface area (TPSA) is 179 Å². The van der Waals surface area contributed by atoms with Gasteiger partial charge in [-0.3, -0.25) is 19.2 Å². The number of hydrogen-bond donors (Lipinski definition) is 0. The van der Waals surface area contributed by atoms with Gasteiger partial charge in [-0.2, -0.15) is 0 Å². The monoisotopic (exact) mass is 818 g/mol. The van der Waals surface area contributed by atoms with Crippen molar-refractivity contribution in [1.82, 2.24) is 0 Å². The first-order chi connectivity index (χ1) is 27.7. The summed E-state index contributed by atoms with van der Waals surface area (Å²) in [6, 6.07) is 0. The first-order valence-electron chi connectivity index (χ1n) is 21.2. The first kappa shape index (κ1) is 41.8. The van der Waals surface area contributed by atoms with Crippen LogP contribution in [0.5, 0.6) is 0 Å². The third-order valence-electron chi connectivity index (χ3n) is 14.5. The van der Waals surface area contributed by atoms with Crippen LogP contribution in [0.2, 0.25) is 0 Å². The molecule has 10 fully saturated rings. The maximum Gasteiger partial charge on any atom is 0.308 e. The third kappa shape index (κ3) is 7.56. The number of ether oxygens (including phenoxy) is 8. The Labute approximate surface area is 339 Å². The largest absolute Gasteiger partial charge is 0.452 e. The minimum Gasteiger partial charge on any atom is -0.452 e. The zero-order valence-corrected chi connectivity index (χ0v) is 34.4. The Bertz CT molecular complexity index is 1540. The average molecular weight is 819 g/mol. The van der Waals surface area contributed by atoms with Gasteiger partial charge in [0.25, 0.3) is 0 Å². The van der Waals surface area contributed by atoms with E-state index in [1.165, 1.54) is 0 Å². The molecule has 0 aromatic heterocycles. The molecular weight excluding hydrogens is 760 g/mol. The van der Waals surface area contributed by atoms with Gasteiger partial charge < -0.3 is 37.9 Å². The molecule has 8 aliphatic heterocycles. The van der Waals surface area contributed by atoms with Gasteiger partial charge in [0.2, 0.25) is 24.2 Å². The molecule has 8 heterocycles. The molecular formula is C42H58O16. The Kier molecular flexibility index (Phi) is 11.7. The molecule has 2 spiro atoms. The van der Waals surface area contributed by atoms with Crippen molar-refractivity contribution in [3.63, 3.8) is 0 Å². The Morgan fingerprint density at radius 3 is 1.34 bits per heavy atom. The van der Waals surface area contributed by atoms with Gasteiger partial charge in [-0.15, -0.1) is 0 Å². The van der Waals surface area contributed by atoms with Crippen LogP contribution in [0.1, 0.15) is 119 Å². The standard InChI is InChI=1S/C42H58O16/c1-23-9-11-29-25(3)35(51-37-41(29)27(23)17-19-39(5,53-37)55-57-41)49-33(45)15-13-31(43)47-21-7-8-22-48-32(44)14-16-34(46)50-36-26(4)30-12-10-24(2)28-18-20-40(6)54-38(52-36)42(28,30)58-56-40/h23-30,35-38H,9-22H2,1-6H3/t23-,24-,25-,26-,27+,28+,29+,30+,35-,36-,37-,38-,39-,40-,41-,42-/m1/s1. The highest BCUT2D eigenvalue weighted by atomic mass is 17.3. The van der Waals surface area contributed by atoms with Gasteiger partial charge in [0, 0.05) is 36.5 Å². The molecule has 16 nitrogen and oxygen atoms in total. The van der Waals surface area contributed by atoms with Crippen molar-refractivity contribution in [2.75, 3.05) is 13.2 Å². The maximum atomic E-state index is 12.8. The SMILES string of the molecule is C[C@H]1[C@H](OC(=O)CCC(=O)OCC#CCOC(=O)CCC(=O)O[C@@H]2O[C@@H]3O[C@@]4(C)CC[C@H]5[C@H](C)CC[C@@H]([C@H]2C)[C@@]35OO4)O[C@@H]2O[C@@]3(C)CC[C@H]4[C@H](C)CC[C@@H]1[C@@]24OO3. The molecule has 10 aliphatic rings. The highest BCUT2D eigenvalue weighted by Gasteiger charge is 2.71. The summed E-state index contributed by atoms with van der Waals surface area (Å²) in [7, 11) is 0. The quantitative estimate of drug-likeness (QED) is 0.122. The van der Waals surface area contributed by atoms with Gasteiger partial charge in [-0.25, -0.2) is 19.6 Å². The Morgan fingerprint density at radius 1 is 0.534 bits per heavy atom. The lowest BCUT2D eigenvalue weighted by Crippen LogP contribution is -2.70. The first-order valence-corrected chi connectivity index (χ1v) is 21.2. The van der Waals surface area contributed by atoms with E-state index in [0.717, 1.165) is 38.5 Å². The molecule has 0 radical (unpaired) electrons. The minimum absolute atomic E-state index is 0.00165. The molecule has 8 saturated heterocycles. The van der Waals surface area contributed by atoms with Crippen molar-refractivity contribution in [2.24, 2.45) is 47.3 Å². The Hall–Kier alpha value is -2.88. The highest BCUT2D eigenvalue weighted by molar-refractivity contribution is 5.78. The third-order valence-corrected chi connectivity index (χ3v) is 14.5. The van der Waals surface area contributed by atoms with Crippen molar-refractivity contribution in [1.29, 1.82) is 0 Å². The molecule has 4 bridgehead atoms. The van der Waals surface area contributed by atoms with Crippen molar-refractivity contribution < 1.29 is 76.6 Å². The summed E-state index contributed by atoms with van der Waals surface area (Å²) in [4.78, 5) is 74.3. The van der Waals surface area contributed by atoms with Gasteiger partial charge in [-0.1, -0.05) is 39.5 Å². The zero-order chi connectivity index (χ0) is 41.0. The number of rotatable bonds is 10. The van der Waals surface area contributed by atoms with Crippen molar-refractivity contribution in [3.05, 3.63) is 0 Å². The zero-order valence-electron chi connectivity index (χ0n) is 34.4. The normalized spacial score (nSPS) is 45.8. The van der Waals surface area contributed by atoms with E-state index in [1.807, 2.05) is 27.7 Å². The summed E-state index contributed by atoms with van der Waals surface area (Å²) in [5.74, 6) is 1.67. The fourth-order valence-corrected chi connectivity index (χ4v) is 11.3. The fraction of sp³-hybridized carbons (Fsp3) is 0.857. The van der Waals surface area contributed by atoms with Crippen molar-refractivity contribution in [2.45, 2.75) is 167 Å². The van der Waals surface area contributed by atoms with E-state index in [9.17, 15) is 19.2 Å². The lowest BCUT2D eigenvalue weighted by atomic mass is 9.58. The Morgan fingerprint density at radius 2 is 0.931 bits per heavy atom. The van der Waals surface area contributed by atoms with Crippen molar-refractivity contribution in [3.8, 4) is 11.8 Å². The summed E-state index contributed by atoms with van der Waals surface area (Å²) in [5.41, 5.74) is -1.54. The van der Waals surface area contributed by atoms with E-state index in [4.69, 9.17) is 57.4 Å². The van der Waals surface area contributed by atoms with Crippen LogP contribution >= 0.6 is 0 Å². The molecule has 10 rings (SSSR count). The van der Waals surface area contributed by atoms with Crippen molar-refractivity contribution >= 4 is 23.9 Å². The predicted molar refractivity (Wildman–Crippen MR) is 194 cm³/mol. The van der Waals surface area contributed by atoms with Crippen LogP contribution in [0.15, 0.2) is 0 Å². The molecule has 0 amide bonds. The molecule has 58 heavy (non-hydrogen) atoms. The lowest BCUT2D eigenvalue weighted by Gasteiger charge is -2.59. The van der Waals surface area contributed by atoms with Crippen LogP contribution in [0.4, 0.5) is 0 Å². The van der Waals surface area contributed by atoms with E-state index in [2.05, 4.69) is 25.7 Å².